The fourth-order valence-corrected chi connectivity index (χ4v) is 8.60. The fraction of sp³-hybridized carbons (Fsp3) is 0.825. The lowest BCUT2D eigenvalue weighted by Gasteiger charge is -2.27. The molecule has 0 heterocycles. The third-order valence-corrected chi connectivity index (χ3v) is 13.3. The molecule has 392 valence electrons. The van der Waals surface area contributed by atoms with Crippen LogP contribution in [-0.4, -0.2) is 74.3 Å². The van der Waals surface area contributed by atoms with E-state index in [4.69, 9.17) is 13.8 Å². The smallest absolute Gasteiger partial charge is 0.456 e. The zero-order valence-electron chi connectivity index (χ0n) is 44.6. The van der Waals surface area contributed by atoms with Crippen LogP contribution in [0.1, 0.15) is 252 Å². The first kappa shape index (κ1) is 65.0. The summed E-state index contributed by atoms with van der Waals surface area (Å²) in [6.45, 7) is 6.96. The molecule has 0 radical (unpaired) electrons. The van der Waals surface area contributed by atoms with Crippen molar-refractivity contribution in [1.29, 1.82) is 0 Å². The van der Waals surface area contributed by atoms with E-state index in [0.717, 1.165) is 83.5 Å². The average Bonchev–Trinajstić information content (AvgIpc) is 3.28. The summed E-state index contributed by atoms with van der Waals surface area (Å²) in [6.07, 6.45) is 56.7. The number of rotatable bonds is 50. The van der Waals surface area contributed by atoms with Crippen molar-refractivity contribution in [3.05, 3.63) is 48.6 Å². The van der Waals surface area contributed by atoms with Gasteiger partial charge in [-0.1, -0.05) is 205 Å². The number of carbonyl (C=O) groups is 2. The van der Waals surface area contributed by atoms with Crippen molar-refractivity contribution in [2.24, 2.45) is 0 Å². The van der Waals surface area contributed by atoms with Gasteiger partial charge in [-0.15, -0.1) is 0 Å². The van der Waals surface area contributed by atoms with Crippen LogP contribution in [0, 0.1) is 0 Å². The summed E-state index contributed by atoms with van der Waals surface area (Å²) in [7, 11) is 1.48. The third kappa shape index (κ3) is 48.8. The topological polar surface area (TPSA) is 111 Å². The minimum Gasteiger partial charge on any atom is -0.456 e. The highest BCUT2D eigenvalue weighted by atomic mass is 31.2. The molecule has 0 aliphatic heterocycles. The van der Waals surface area contributed by atoms with Crippen LogP contribution >= 0.6 is 7.82 Å². The Bertz CT molecular complexity index is 1290. The predicted octanol–water partition coefficient (Wildman–Crippen LogP) is 16.6. The van der Waals surface area contributed by atoms with Crippen LogP contribution in [0.4, 0.5) is 0 Å². The van der Waals surface area contributed by atoms with Gasteiger partial charge in [0.05, 0.1) is 33.8 Å². The molecule has 0 aromatic heterocycles. The number of allylic oxidation sites excluding steroid dienone is 7. The third-order valence-electron chi connectivity index (χ3n) is 12.3. The molecule has 0 fully saturated rings. The van der Waals surface area contributed by atoms with Crippen molar-refractivity contribution in [3.8, 4) is 0 Å². The number of amides is 1. The summed E-state index contributed by atoms with van der Waals surface area (Å²) >= 11 is 0. The average molecular weight is 964 g/mol. The molecule has 0 rings (SSSR count). The number of carbonyl (C=O) groups excluding carboxylic acids is 2. The van der Waals surface area contributed by atoms with Gasteiger partial charge in [-0.05, 0) is 83.1 Å². The minimum atomic E-state index is -4.45. The lowest BCUT2D eigenvalue weighted by atomic mass is 10.0. The van der Waals surface area contributed by atoms with E-state index in [-0.39, 0.29) is 31.5 Å². The van der Waals surface area contributed by atoms with Crippen LogP contribution < -0.4 is 5.32 Å². The quantitative estimate of drug-likeness (QED) is 0.0156. The zero-order valence-corrected chi connectivity index (χ0v) is 45.5. The first-order valence-electron chi connectivity index (χ1n) is 28.0. The Morgan fingerprint density at radius 2 is 0.910 bits per heavy atom. The highest BCUT2D eigenvalue weighted by Gasteiger charge is 2.30. The summed E-state index contributed by atoms with van der Waals surface area (Å²) in [5.74, 6) is -0.535. The van der Waals surface area contributed by atoms with E-state index in [9.17, 15) is 19.0 Å². The van der Waals surface area contributed by atoms with Gasteiger partial charge in [-0.3, -0.25) is 18.6 Å². The van der Waals surface area contributed by atoms with Crippen LogP contribution in [0.5, 0.6) is 0 Å². The molecule has 0 saturated heterocycles. The Labute approximate surface area is 414 Å². The molecular weight excluding hydrogens is 856 g/mol. The normalized spacial score (nSPS) is 14.2. The number of likely N-dealkylation sites (N-methyl/N-ethyl adjacent to an activating group) is 1. The van der Waals surface area contributed by atoms with E-state index in [1.54, 1.807) is 0 Å². The molecule has 0 spiro atoms. The zero-order chi connectivity index (χ0) is 49.4. The van der Waals surface area contributed by atoms with Crippen LogP contribution in [0.15, 0.2) is 48.6 Å². The predicted molar refractivity (Wildman–Crippen MR) is 286 cm³/mol. The molecule has 10 heteroatoms. The number of unbranched alkanes of at least 4 members (excludes halogenated alkanes) is 29. The largest absolute Gasteiger partial charge is 0.472 e. The first-order chi connectivity index (χ1) is 32.4. The van der Waals surface area contributed by atoms with Gasteiger partial charge in [0, 0.05) is 12.8 Å². The second-order valence-corrected chi connectivity index (χ2v) is 21.6. The van der Waals surface area contributed by atoms with E-state index in [1.807, 2.05) is 33.3 Å². The van der Waals surface area contributed by atoms with Gasteiger partial charge >= 0.3 is 13.8 Å². The van der Waals surface area contributed by atoms with Crippen molar-refractivity contribution in [2.45, 2.75) is 264 Å². The number of nitrogens with zero attached hydrogens (tertiary/aromatic N) is 1. The minimum absolute atomic E-state index is 0.0354. The number of hydrogen-bond acceptors (Lipinski definition) is 6. The number of phosphoric acid groups is 1. The van der Waals surface area contributed by atoms with Gasteiger partial charge in [0.1, 0.15) is 19.3 Å². The molecule has 0 aliphatic rings. The van der Waals surface area contributed by atoms with Crippen LogP contribution in [-0.2, 0) is 27.9 Å². The Morgan fingerprint density at radius 1 is 0.522 bits per heavy atom. The molecule has 0 aromatic carbocycles. The lowest BCUT2D eigenvalue weighted by molar-refractivity contribution is -0.870. The Kier molecular flexibility index (Phi) is 46.2. The van der Waals surface area contributed by atoms with Crippen molar-refractivity contribution >= 4 is 19.7 Å². The maximum Gasteiger partial charge on any atom is 0.472 e. The molecule has 0 aromatic rings. The highest BCUT2D eigenvalue weighted by molar-refractivity contribution is 7.47. The van der Waals surface area contributed by atoms with Gasteiger partial charge < -0.3 is 19.4 Å². The van der Waals surface area contributed by atoms with E-state index < -0.39 is 20.0 Å². The van der Waals surface area contributed by atoms with E-state index in [0.29, 0.717) is 23.9 Å². The Morgan fingerprint density at radius 3 is 1.40 bits per heavy atom. The fourth-order valence-electron chi connectivity index (χ4n) is 7.87. The van der Waals surface area contributed by atoms with Crippen molar-refractivity contribution in [1.82, 2.24) is 5.32 Å². The summed E-state index contributed by atoms with van der Waals surface area (Å²) in [6, 6.07) is -0.858. The van der Waals surface area contributed by atoms with Gasteiger partial charge in [0.15, 0.2) is 0 Å². The molecule has 3 atom stereocenters. The van der Waals surface area contributed by atoms with Crippen LogP contribution in [0.2, 0.25) is 0 Å². The lowest BCUT2D eigenvalue weighted by Crippen LogP contribution is -2.47. The SMILES string of the molecule is CCCCC/C=C/C=C/CCCCCCCCC(=O)NC(COP(=O)(O)OCC[N+](C)(C)C)C(/C=C/CCCCCCCCCCCC)OC(=O)CCCCC/C=C\CCCCCCCCC. The molecule has 2 N–H and O–H groups in total. The molecule has 0 bridgehead atoms. The number of quaternary nitrogens is 1. The van der Waals surface area contributed by atoms with Crippen LogP contribution in [0.25, 0.3) is 0 Å². The molecular formula is C57H108N2O7P+. The van der Waals surface area contributed by atoms with E-state index in [2.05, 4.69) is 62.5 Å². The maximum absolute atomic E-state index is 13.5. The number of ether oxygens (including phenoxy) is 1. The first-order valence-corrected chi connectivity index (χ1v) is 29.5. The molecule has 1 amide bonds. The standard InChI is InChI=1S/C57H107N2O7P/c1-7-10-13-16-19-22-25-28-30-31-34-37-40-43-46-49-56(60)58-54(53-65-67(62,63)64-52-51-59(4,5)6)55(48-45-42-39-36-33-27-24-21-18-15-12-9-3)66-57(61)50-47-44-41-38-35-32-29-26-23-20-17-14-11-8-2/h19,22,25,28,32,35,45,48,54-55H,7-18,20-21,23-24,26-27,29-31,33-34,36-44,46-47,49-53H2,1-6H3,(H-,58,60,62,63)/p+1/b22-19+,28-25+,35-32-,48-45+. The Hall–Kier alpha value is -2.03. The van der Waals surface area contributed by atoms with Gasteiger partial charge in [-0.25, -0.2) is 4.57 Å². The number of nitrogens with one attached hydrogen (secondary N) is 1. The maximum atomic E-state index is 13.5. The Balaban J connectivity index is 5.42. The molecule has 3 unspecified atom stereocenters. The molecule has 0 aliphatic carbocycles. The molecule has 0 saturated carbocycles. The van der Waals surface area contributed by atoms with Crippen molar-refractivity contribution < 1.29 is 37.3 Å². The van der Waals surface area contributed by atoms with Gasteiger partial charge in [0.2, 0.25) is 5.91 Å². The number of esters is 1. The van der Waals surface area contributed by atoms with Crippen molar-refractivity contribution in [3.63, 3.8) is 0 Å². The number of phosphoric ester groups is 1. The van der Waals surface area contributed by atoms with Gasteiger partial charge in [-0.2, -0.15) is 0 Å². The summed E-state index contributed by atoms with van der Waals surface area (Å²) in [5.41, 5.74) is 0. The van der Waals surface area contributed by atoms with Gasteiger partial charge in [0.25, 0.3) is 0 Å². The summed E-state index contributed by atoms with van der Waals surface area (Å²) in [5, 5.41) is 3.03. The van der Waals surface area contributed by atoms with Crippen molar-refractivity contribution in [2.75, 3.05) is 40.9 Å². The molecule has 9 nitrogen and oxygen atoms in total. The van der Waals surface area contributed by atoms with E-state index >= 15 is 0 Å². The summed E-state index contributed by atoms with van der Waals surface area (Å²) < 4.78 is 30.5. The second kappa shape index (κ2) is 47.6. The molecule has 67 heavy (non-hydrogen) atoms. The van der Waals surface area contributed by atoms with E-state index in [1.165, 1.54) is 128 Å². The monoisotopic (exact) mass is 964 g/mol. The van der Waals surface area contributed by atoms with Crippen LogP contribution in [0.3, 0.4) is 0 Å². The summed E-state index contributed by atoms with van der Waals surface area (Å²) in [4.78, 5) is 37.5. The number of hydrogen-bond donors (Lipinski definition) is 2. The highest BCUT2D eigenvalue weighted by Crippen LogP contribution is 2.43. The second-order valence-electron chi connectivity index (χ2n) is 20.1.